The van der Waals surface area contributed by atoms with Gasteiger partial charge in [-0.25, -0.2) is 17.5 Å². The van der Waals surface area contributed by atoms with Crippen LogP contribution in [0.1, 0.15) is 29.7 Å². The molecule has 2 heterocycles. The molecule has 1 N–H and O–H groups in total. The van der Waals surface area contributed by atoms with E-state index in [1.807, 2.05) is 42.3 Å². The monoisotopic (exact) mass is 416 g/mol. The fourth-order valence-corrected chi connectivity index (χ4v) is 4.77. The lowest BCUT2D eigenvalue weighted by molar-refractivity contribution is 0.244. The van der Waals surface area contributed by atoms with Crippen molar-refractivity contribution in [3.05, 3.63) is 77.7 Å². The third kappa shape index (κ3) is 4.52. The summed E-state index contributed by atoms with van der Waals surface area (Å²) in [5.41, 5.74) is 1.09. The average Bonchev–Trinajstić information content (AvgIpc) is 3.28. The van der Waals surface area contributed by atoms with Crippen molar-refractivity contribution in [1.82, 2.24) is 19.8 Å². The van der Waals surface area contributed by atoms with Crippen LogP contribution in [0.25, 0.3) is 0 Å². The van der Waals surface area contributed by atoms with Crippen LogP contribution >= 0.6 is 0 Å². The molecule has 2 aromatic carbocycles. The van der Waals surface area contributed by atoms with Crippen LogP contribution in [0.15, 0.2) is 64.0 Å². The summed E-state index contributed by atoms with van der Waals surface area (Å²) in [6.45, 7) is 0.501. The van der Waals surface area contributed by atoms with Crippen molar-refractivity contribution in [2.45, 2.75) is 29.8 Å². The fourth-order valence-electron chi connectivity index (χ4n) is 3.53. The largest absolute Gasteiger partial charge is 0.338 e. The van der Waals surface area contributed by atoms with Crippen molar-refractivity contribution in [1.29, 1.82) is 0 Å². The maximum atomic E-state index is 13.1. The summed E-state index contributed by atoms with van der Waals surface area (Å²) in [4.78, 5) is 6.52. The van der Waals surface area contributed by atoms with Gasteiger partial charge >= 0.3 is 0 Å². The number of halogens is 1. The van der Waals surface area contributed by atoms with Gasteiger partial charge in [0.15, 0.2) is 5.82 Å². The number of aromatic nitrogens is 2. The Labute approximate surface area is 168 Å². The van der Waals surface area contributed by atoms with Crippen molar-refractivity contribution in [2.24, 2.45) is 0 Å². The molecule has 0 radical (unpaired) electrons. The number of likely N-dealkylation sites (N-methyl/N-ethyl adjacent to an activating group) is 1. The lowest BCUT2D eigenvalue weighted by atomic mass is 10.1. The number of likely N-dealkylation sites (tertiary alicyclic amines) is 1. The lowest BCUT2D eigenvalue weighted by Crippen LogP contribution is -2.36. The van der Waals surface area contributed by atoms with Gasteiger partial charge < -0.3 is 4.52 Å². The molecule has 4 rings (SSSR count). The van der Waals surface area contributed by atoms with Gasteiger partial charge in [-0.1, -0.05) is 35.5 Å². The van der Waals surface area contributed by atoms with E-state index in [2.05, 4.69) is 14.9 Å². The summed E-state index contributed by atoms with van der Waals surface area (Å²) < 4.78 is 46.3. The Balaban J connectivity index is 1.43. The van der Waals surface area contributed by atoms with E-state index in [9.17, 15) is 12.8 Å². The van der Waals surface area contributed by atoms with Crippen LogP contribution in [0, 0.1) is 5.82 Å². The maximum Gasteiger partial charge on any atom is 0.244 e. The van der Waals surface area contributed by atoms with Crippen molar-refractivity contribution in [2.75, 3.05) is 13.6 Å². The molecule has 9 heteroatoms. The molecule has 0 amide bonds. The van der Waals surface area contributed by atoms with Gasteiger partial charge in [0.1, 0.15) is 5.82 Å². The van der Waals surface area contributed by atoms with E-state index in [1.54, 1.807) is 0 Å². The first-order valence-corrected chi connectivity index (χ1v) is 10.7. The molecule has 2 atom stereocenters. The molecule has 152 valence electrons. The van der Waals surface area contributed by atoms with Gasteiger partial charge in [-0.2, -0.15) is 4.98 Å². The average molecular weight is 416 g/mol. The molecular formula is C20H21FN4O3S. The Kier molecular flexibility index (Phi) is 5.44. The lowest BCUT2D eigenvalue weighted by Gasteiger charge is -2.14. The second-order valence-corrected chi connectivity index (χ2v) is 8.89. The molecule has 0 aliphatic carbocycles. The van der Waals surface area contributed by atoms with E-state index >= 15 is 0 Å². The molecule has 7 nitrogen and oxygen atoms in total. The van der Waals surface area contributed by atoms with Gasteiger partial charge in [0.05, 0.1) is 10.9 Å². The Morgan fingerprint density at radius 3 is 2.62 bits per heavy atom. The van der Waals surface area contributed by atoms with E-state index in [-0.39, 0.29) is 17.0 Å². The van der Waals surface area contributed by atoms with Crippen molar-refractivity contribution in [3.63, 3.8) is 0 Å². The highest BCUT2D eigenvalue weighted by atomic mass is 32.2. The number of nitrogens with one attached hydrogen (secondary N) is 1. The second-order valence-electron chi connectivity index (χ2n) is 7.17. The van der Waals surface area contributed by atoms with Crippen LogP contribution in [0.4, 0.5) is 4.39 Å². The van der Waals surface area contributed by atoms with Crippen molar-refractivity contribution >= 4 is 10.0 Å². The first-order chi connectivity index (χ1) is 13.9. The minimum Gasteiger partial charge on any atom is -0.338 e. The quantitative estimate of drug-likeness (QED) is 0.664. The van der Waals surface area contributed by atoms with Gasteiger partial charge in [-0.3, -0.25) is 4.90 Å². The number of benzene rings is 2. The molecule has 0 bridgehead atoms. The van der Waals surface area contributed by atoms with Crippen molar-refractivity contribution < 1.29 is 17.3 Å². The van der Waals surface area contributed by atoms with E-state index in [0.717, 1.165) is 17.7 Å². The summed E-state index contributed by atoms with van der Waals surface area (Å²) in [5, 5.41) is 4.06. The molecule has 1 fully saturated rings. The molecule has 0 unspecified atom stereocenters. The van der Waals surface area contributed by atoms with Gasteiger partial charge in [-0.05, 0) is 43.3 Å². The minimum atomic E-state index is -3.73. The zero-order chi connectivity index (χ0) is 20.4. The Hall–Kier alpha value is -2.62. The van der Waals surface area contributed by atoms with Crippen LogP contribution < -0.4 is 4.72 Å². The topological polar surface area (TPSA) is 88.3 Å². The molecule has 1 aliphatic heterocycles. The first kappa shape index (κ1) is 19.7. The Morgan fingerprint density at radius 1 is 1.17 bits per heavy atom. The third-order valence-electron chi connectivity index (χ3n) is 4.97. The normalized spacial score (nSPS) is 20.2. The number of rotatable bonds is 6. The molecule has 0 spiro atoms. The SMILES string of the molecule is CN1C[C@@H](NS(=O)(=O)c2ccc(F)cc2)C[C@H]1c1nc(Cc2ccccc2)no1. The Morgan fingerprint density at radius 2 is 1.90 bits per heavy atom. The summed E-state index contributed by atoms with van der Waals surface area (Å²) in [6, 6.07) is 14.1. The van der Waals surface area contributed by atoms with Gasteiger partial charge in [-0.15, -0.1) is 0 Å². The van der Waals surface area contributed by atoms with E-state index in [0.29, 0.717) is 31.1 Å². The minimum absolute atomic E-state index is 0.0351. The van der Waals surface area contributed by atoms with Crippen LogP contribution in [0.5, 0.6) is 0 Å². The van der Waals surface area contributed by atoms with Crippen LogP contribution in [0.2, 0.25) is 0 Å². The van der Waals surface area contributed by atoms with E-state index in [4.69, 9.17) is 4.52 Å². The smallest absolute Gasteiger partial charge is 0.244 e. The number of sulfonamides is 1. The molecule has 1 aromatic heterocycles. The van der Waals surface area contributed by atoms with Crippen LogP contribution in [-0.4, -0.2) is 43.1 Å². The van der Waals surface area contributed by atoms with Gasteiger partial charge in [0, 0.05) is 19.0 Å². The maximum absolute atomic E-state index is 13.1. The summed E-state index contributed by atoms with van der Waals surface area (Å²) in [7, 11) is -1.85. The highest BCUT2D eigenvalue weighted by molar-refractivity contribution is 7.89. The predicted octanol–water partition coefficient (Wildman–Crippen LogP) is 2.52. The predicted molar refractivity (Wildman–Crippen MR) is 104 cm³/mol. The molecule has 1 aliphatic rings. The van der Waals surface area contributed by atoms with E-state index < -0.39 is 15.8 Å². The Bertz CT molecular complexity index is 1070. The molecule has 0 saturated carbocycles. The summed E-state index contributed by atoms with van der Waals surface area (Å²) >= 11 is 0. The first-order valence-electron chi connectivity index (χ1n) is 9.25. The van der Waals surface area contributed by atoms with Gasteiger partial charge in [0.2, 0.25) is 15.9 Å². The zero-order valence-corrected chi connectivity index (χ0v) is 16.6. The summed E-state index contributed by atoms with van der Waals surface area (Å²) in [5.74, 6) is 0.587. The summed E-state index contributed by atoms with van der Waals surface area (Å²) in [6.07, 6.45) is 1.07. The van der Waals surface area contributed by atoms with E-state index in [1.165, 1.54) is 12.1 Å². The van der Waals surface area contributed by atoms with Crippen LogP contribution in [-0.2, 0) is 16.4 Å². The molecular weight excluding hydrogens is 395 g/mol. The van der Waals surface area contributed by atoms with Crippen LogP contribution in [0.3, 0.4) is 0 Å². The molecule has 1 saturated heterocycles. The zero-order valence-electron chi connectivity index (χ0n) is 15.8. The number of hydrogen-bond acceptors (Lipinski definition) is 6. The second kappa shape index (κ2) is 8.02. The molecule has 3 aromatic rings. The van der Waals surface area contributed by atoms with Gasteiger partial charge in [0.25, 0.3) is 0 Å². The van der Waals surface area contributed by atoms with Crippen molar-refractivity contribution in [3.8, 4) is 0 Å². The standard InChI is InChI=1S/C20H21FN4O3S/c1-25-13-16(24-29(26,27)17-9-7-15(21)8-10-17)12-18(25)20-22-19(23-28-20)11-14-5-3-2-4-6-14/h2-10,16,18,24H,11-13H2,1H3/t16-,18-/m0/s1. The highest BCUT2D eigenvalue weighted by Crippen LogP contribution is 2.30. The number of hydrogen-bond donors (Lipinski definition) is 1. The highest BCUT2D eigenvalue weighted by Gasteiger charge is 2.36. The third-order valence-corrected chi connectivity index (χ3v) is 6.50. The molecule has 29 heavy (non-hydrogen) atoms. The fraction of sp³-hybridized carbons (Fsp3) is 0.300. The number of nitrogens with zero attached hydrogens (tertiary/aromatic N) is 3.